The van der Waals surface area contributed by atoms with E-state index in [2.05, 4.69) is 0 Å². The summed E-state index contributed by atoms with van der Waals surface area (Å²) in [5.41, 5.74) is -0.340. The van der Waals surface area contributed by atoms with Crippen LogP contribution in [0.5, 0.6) is 0 Å². The molecular weight excluding hydrogens is 184 g/mol. The number of hydrogen-bond acceptors (Lipinski definition) is 4. The molecule has 4 atom stereocenters. The molecule has 1 saturated carbocycles. The number of aliphatic hydroxyl groups is 3. The van der Waals surface area contributed by atoms with Crippen molar-refractivity contribution in [1.82, 2.24) is 0 Å². The van der Waals surface area contributed by atoms with E-state index >= 15 is 0 Å². The van der Waals surface area contributed by atoms with E-state index in [0.717, 1.165) is 0 Å². The van der Waals surface area contributed by atoms with E-state index in [0.29, 0.717) is 12.8 Å². The van der Waals surface area contributed by atoms with Gasteiger partial charge in [0.25, 0.3) is 0 Å². The Kier molecular flexibility index (Phi) is 3.53. The summed E-state index contributed by atoms with van der Waals surface area (Å²) in [7, 11) is 0. The Morgan fingerprint density at radius 2 is 1.57 bits per heavy atom. The third kappa shape index (κ3) is 2.92. The minimum atomic E-state index is -1.09. The zero-order chi connectivity index (χ0) is 10.9. The summed E-state index contributed by atoms with van der Waals surface area (Å²) in [5.74, 6) is 0. The molecule has 0 unspecified atom stereocenters. The molecule has 0 aromatic rings. The van der Waals surface area contributed by atoms with E-state index in [1.165, 1.54) is 0 Å². The summed E-state index contributed by atoms with van der Waals surface area (Å²) < 4.78 is 5.59. The molecule has 0 heterocycles. The van der Waals surface area contributed by atoms with Gasteiger partial charge in [-0.05, 0) is 33.6 Å². The maximum absolute atomic E-state index is 9.64. The fourth-order valence-electron chi connectivity index (χ4n) is 1.71. The summed E-state index contributed by atoms with van der Waals surface area (Å²) in [6.07, 6.45) is -2.23. The maximum atomic E-state index is 9.64. The van der Waals surface area contributed by atoms with E-state index in [-0.39, 0.29) is 11.7 Å². The van der Waals surface area contributed by atoms with Gasteiger partial charge in [0.2, 0.25) is 0 Å². The lowest BCUT2D eigenvalue weighted by Crippen LogP contribution is -2.51. The van der Waals surface area contributed by atoms with Crippen molar-refractivity contribution in [3.8, 4) is 0 Å². The Hall–Kier alpha value is -0.160. The van der Waals surface area contributed by atoms with E-state index in [9.17, 15) is 15.3 Å². The van der Waals surface area contributed by atoms with Crippen molar-refractivity contribution < 1.29 is 20.1 Å². The van der Waals surface area contributed by atoms with Crippen LogP contribution >= 0.6 is 0 Å². The molecule has 4 heteroatoms. The molecule has 0 bridgehead atoms. The molecule has 1 fully saturated rings. The first-order valence-electron chi connectivity index (χ1n) is 5.03. The van der Waals surface area contributed by atoms with Gasteiger partial charge in [-0.3, -0.25) is 0 Å². The molecule has 0 amide bonds. The highest BCUT2D eigenvalue weighted by molar-refractivity contribution is 4.89. The molecule has 14 heavy (non-hydrogen) atoms. The highest BCUT2D eigenvalue weighted by Gasteiger charge is 2.38. The van der Waals surface area contributed by atoms with Gasteiger partial charge in [-0.1, -0.05) is 0 Å². The van der Waals surface area contributed by atoms with Gasteiger partial charge < -0.3 is 20.1 Å². The van der Waals surface area contributed by atoms with Crippen LogP contribution in [0, 0.1) is 0 Å². The Morgan fingerprint density at radius 1 is 1.00 bits per heavy atom. The molecule has 4 nitrogen and oxygen atoms in total. The smallest absolute Gasteiger partial charge is 0.109 e. The summed E-state index contributed by atoms with van der Waals surface area (Å²) in [5, 5.41) is 28.4. The second-order valence-corrected chi connectivity index (χ2v) is 4.89. The Balaban J connectivity index is 2.55. The van der Waals surface area contributed by atoms with Gasteiger partial charge in [-0.25, -0.2) is 0 Å². The summed E-state index contributed by atoms with van der Waals surface area (Å²) in [6.45, 7) is 5.70. The summed E-state index contributed by atoms with van der Waals surface area (Å²) in [6, 6.07) is 0. The van der Waals surface area contributed by atoms with Gasteiger partial charge in [-0.2, -0.15) is 0 Å². The van der Waals surface area contributed by atoms with Crippen molar-refractivity contribution in [3.05, 3.63) is 0 Å². The molecule has 1 aliphatic rings. The standard InChI is InChI=1S/C10H20O4/c1-10(2,3)14-7-5-4-6(11)8(12)9(7)13/h6-9,11-13H,4-5H2,1-3H3/t6-,7-,8+,9+/m1/s1. The molecule has 0 aromatic heterocycles. The first kappa shape index (κ1) is 11.9. The average molecular weight is 204 g/mol. The van der Waals surface area contributed by atoms with Crippen LogP contribution in [0.15, 0.2) is 0 Å². The molecule has 0 aromatic carbocycles. The lowest BCUT2D eigenvalue weighted by atomic mass is 9.89. The summed E-state index contributed by atoms with van der Waals surface area (Å²) in [4.78, 5) is 0. The minimum Gasteiger partial charge on any atom is -0.390 e. The number of aliphatic hydroxyl groups excluding tert-OH is 3. The van der Waals surface area contributed by atoms with E-state index in [1.54, 1.807) is 0 Å². The molecule has 3 N–H and O–H groups in total. The van der Waals surface area contributed by atoms with Crippen LogP contribution in [0.1, 0.15) is 33.6 Å². The number of hydrogen-bond donors (Lipinski definition) is 3. The highest BCUT2D eigenvalue weighted by Crippen LogP contribution is 2.25. The van der Waals surface area contributed by atoms with Crippen molar-refractivity contribution in [1.29, 1.82) is 0 Å². The van der Waals surface area contributed by atoms with Crippen molar-refractivity contribution in [2.75, 3.05) is 0 Å². The molecule has 84 valence electrons. The quantitative estimate of drug-likeness (QED) is 0.564. The van der Waals surface area contributed by atoms with Crippen LogP contribution in [0.4, 0.5) is 0 Å². The molecule has 0 radical (unpaired) electrons. The van der Waals surface area contributed by atoms with Crippen LogP contribution in [0.25, 0.3) is 0 Å². The van der Waals surface area contributed by atoms with Gasteiger partial charge in [0.15, 0.2) is 0 Å². The van der Waals surface area contributed by atoms with Gasteiger partial charge in [-0.15, -0.1) is 0 Å². The van der Waals surface area contributed by atoms with E-state index < -0.39 is 18.3 Å². The van der Waals surface area contributed by atoms with E-state index in [4.69, 9.17) is 4.74 Å². The zero-order valence-electron chi connectivity index (χ0n) is 8.97. The largest absolute Gasteiger partial charge is 0.390 e. The zero-order valence-corrected chi connectivity index (χ0v) is 8.97. The number of rotatable bonds is 1. The van der Waals surface area contributed by atoms with Crippen LogP contribution < -0.4 is 0 Å². The monoisotopic (exact) mass is 204 g/mol. The Morgan fingerprint density at radius 3 is 2.07 bits per heavy atom. The van der Waals surface area contributed by atoms with Crippen molar-refractivity contribution in [2.45, 2.75) is 63.6 Å². The van der Waals surface area contributed by atoms with Gasteiger partial charge in [0, 0.05) is 0 Å². The van der Waals surface area contributed by atoms with Gasteiger partial charge in [0.05, 0.1) is 17.8 Å². The Bertz CT molecular complexity index is 187. The van der Waals surface area contributed by atoms with Crippen LogP contribution in [0.3, 0.4) is 0 Å². The van der Waals surface area contributed by atoms with E-state index in [1.807, 2.05) is 20.8 Å². The van der Waals surface area contributed by atoms with Crippen molar-refractivity contribution >= 4 is 0 Å². The highest BCUT2D eigenvalue weighted by atomic mass is 16.5. The molecular formula is C10H20O4. The fourth-order valence-corrected chi connectivity index (χ4v) is 1.71. The molecule has 0 saturated heterocycles. The maximum Gasteiger partial charge on any atom is 0.109 e. The average Bonchev–Trinajstić information content (AvgIpc) is 2.04. The Labute approximate surface area is 84.5 Å². The molecule has 1 aliphatic carbocycles. The predicted octanol–water partition coefficient (Wildman–Crippen LogP) is 0.0466. The second-order valence-electron chi connectivity index (χ2n) is 4.89. The third-order valence-electron chi connectivity index (χ3n) is 2.38. The van der Waals surface area contributed by atoms with Crippen molar-refractivity contribution in [2.24, 2.45) is 0 Å². The van der Waals surface area contributed by atoms with Gasteiger partial charge >= 0.3 is 0 Å². The van der Waals surface area contributed by atoms with Crippen LogP contribution in [-0.2, 0) is 4.74 Å². The predicted molar refractivity (Wildman–Crippen MR) is 51.9 cm³/mol. The summed E-state index contributed by atoms with van der Waals surface area (Å²) >= 11 is 0. The lowest BCUT2D eigenvalue weighted by Gasteiger charge is -2.38. The molecule has 1 rings (SSSR count). The second kappa shape index (κ2) is 4.14. The molecule has 0 spiro atoms. The van der Waals surface area contributed by atoms with Crippen LogP contribution in [0.2, 0.25) is 0 Å². The van der Waals surface area contributed by atoms with Gasteiger partial charge in [0.1, 0.15) is 12.2 Å². The minimum absolute atomic E-state index is 0.340. The first-order chi connectivity index (χ1) is 6.31. The fraction of sp³-hybridized carbons (Fsp3) is 1.00. The first-order valence-corrected chi connectivity index (χ1v) is 5.03. The topological polar surface area (TPSA) is 69.9 Å². The SMILES string of the molecule is CC(C)(C)O[C@@H]1CC[C@@H](O)[C@H](O)[C@H]1O. The molecule has 0 aliphatic heterocycles. The number of ether oxygens (including phenoxy) is 1. The van der Waals surface area contributed by atoms with Crippen molar-refractivity contribution in [3.63, 3.8) is 0 Å². The lowest BCUT2D eigenvalue weighted by molar-refractivity contribution is -0.182. The normalized spacial score (nSPS) is 39.9. The third-order valence-corrected chi connectivity index (χ3v) is 2.38. The van der Waals surface area contributed by atoms with Crippen LogP contribution in [-0.4, -0.2) is 45.3 Å².